The lowest BCUT2D eigenvalue weighted by Crippen LogP contribution is -2.46. The molecule has 2 aliphatic rings. The molecule has 0 aliphatic carbocycles. The fraction of sp³-hybridized carbons (Fsp3) is 0.588. The number of halogens is 1. The molecule has 0 saturated carbocycles. The molecule has 1 amide bonds. The second kappa shape index (κ2) is 8.52. The Morgan fingerprint density at radius 3 is 2.52 bits per heavy atom. The van der Waals surface area contributed by atoms with Gasteiger partial charge in [-0.1, -0.05) is 18.2 Å². The SMILES string of the molecule is CC1CC(=O)N(CCCN2CCNCC2)N1c1ccccc1.Cl. The van der Waals surface area contributed by atoms with E-state index in [4.69, 9.17) is 0 Å². The highest BCUT2D eigenvalue weighted by molar-refractivity contribution is 5.85. The Morgan fingerprint density at radius 2 is 1.83 bits per heavy atom. The molecule has 1 atom stereocenters. The molecule has 0 radical (unpaired) electrons. The van der Waals surface area contributed by atoms with Crippen LogP contribution in [0.1, 0.15) is 19.8 Å². The van der Waals surface area contributed by atoms with Crippen LogP contribution in [0.4, 0.5) is 5.69 Å². The van der Waals surface area contributed by atoms with Gasteiger partial charge in [-0.05, 0) is 25.5 Å². The van der Waals surface area contributed by atoms with E-state index in [2.05, 4.69) is 34.3 Å². The van der Waals surface area contributed by atoms with E-state index >= 15 is 0 Å². The lowest BCUT2D eigenvalue weighted by molar-refractivity contribution is -0.128. The van der Waals surface area contributed by atoms with Crippen molar-refractivity contribution in [1.82, 2.24) is 15.2 Å². The molecule has 2 saturated heterocycles. The molecular formula is C17H27ClN4O. The maximum Gasteiger partial charge on any atom is 0.243 e. The van der Waals surface area contributed by atoms with Crippen molar-refractivity contribution in [3.63, 3.8) is 0 Å². The molecule has 6 heteroatoms. The first-order valence-electron chi connectivity index (χ1n) is 8.33. The molecule has 0 aromatic heterocycles. The number of para-hydroxylation sites is 1. The van der Waals surface area contributed by atoms with Gasteiger partial charge in [-0.25, -0.2) is 0 Å². The Labute approximate surface area is 145 Å². The molecule has 0 bridgehead atoms. The van der Waals surface area contributed by atoms with Gasteiger partial charge in [0, 0.05) is 39.3 Å². The molecule has 2 fully saturated rings. The summed E-state index contributed by atoms with van der Waals surface area (Å²) in [5.41, 5.74) is 1.11. The maximum absolute atomic E-state index is 12.3. The highest BCUT2D eigenvalue weighted by Gasteiger charge is 2.34. The van der Waals surface area contributed by atoms with Crippen LogP contribution in [0.15, 0.2) is 30.3 Å². The summed E-state index contributed by atoms with van der Waals surface area (Å²) in [6.45, 7) is 8.40. The van der Waals surface area contributed by atoms with Crippen LogP contribution in [0.3, 0.4) is 0 Å². The van der Waals surface area contributed by atoms with E-state index in [1.54, 1.807) is 0 Å². The average molecular weight is 339 g/mol. The molecule has 1 N–H and O–H groups in total. The smallest absolute Gasteiger partial charge is 0.243 e. The van der Waals surface area contributed by atoms with Crippen molar-refractivity contribution in [3.05, 3.63) is 30.3 Å². The number of carbonyl (C=O) groups excluding carboxylic acids is 1. The van der Waals surface area contributed by atoms with Crippen molar-refractivity contribution in [2.45, 2.75) is 25.8 Å². The Bertz CT molecular complexity index is 493. The van der Waals surface area contributed by atoms with Crippen LogP contribution in [0.2, 0.25) is 0 Å². The zero-order chi connectivity index (χ0) is 15.4. The van der Waals surface area contributed by atoms with Gasteiger partial charge in [0.15, 0.2) is 0 Å². The zero-order valence-corrected chi connectivity index (χ0v) is 14.6. The summed E-state index contributed by atoms with van der Waals surface area (Å²) in [6.07, 6.45) is 1.64. The summed E-state index contributed by atoms with van der Waals surface area (Å²) in [6, 6.07) is 10.5. The predicted molar refractivity (Wildman–Crippen MR) is 95.9 cm³/mol. The Kier molecular flexibility index (Phi) is 6.69. The number of nitrogens with one attached hydrogen (secondary N) is 1. The van der Waals surface area contributed by atoms with E-state index in [9.17, 15) is 4.79 Å². The number of hydrazine groups is 1. The van der Waals surface area contributed by atoms with Crippen LogP contribution >= 0.6 is 12.4 Å². The molecule has 0 spiro atoms. The summed E-state index contributed by atoms with van der Waals surface area (Å²) in [5.74, 6) is 0.247. The first-order chi connectivity index (χ1) is 10.8. The fourth-order valence-electron chi connectivity index (χ4n) is 3.39. The summed E-state index contributed by atoms with van der Waals surface area (Å²) >= 11 is 0. The lowest BCUT2D eigenvalue weighted by Gasteiger charge is -2.34. The van der Waals surface area contributed by atoms with Gasteiger partial charge in [-0.2, -0.15) is 0 Å². The summed E-state index contributed by atoms with van der Waals surface area (Å²) < 4.78 is 0. The molecule has 1 aromatic carbocycles. The molecular weight excluding hydrogens is 312 g/mol. The van der Waals surface area contributed by atoms with Crippen LogP contribution in [0, 0.1) is 0 Å². The maximum atomic E-state index is 12.3. The van der Waals surface area contributed by atoms with Gasteiger partial charge in [0.25, 0.3) is 0 Å². The lowest BCUT2D eigenvalue weighted by atomic mass is 10.2. The number of nitrogens with zero attached hydrogens (tertiary/aromatic N) is 3. The Morgan fingerprint density at radius 1 is 1.13 bits per heavy atom. The zero-order valence-electron chi connectivity index (χ0n) is 13.8. The minimum absolute atomic E-state index is 0. The number of hydrogen-bond donors (Lipinski definition) is 1. The molecule has 1 aromatic rings. The number of benzene rings is 1. The average Bonchev–Trinajstić information content (AvgIpc) is 2.83. The second-order valence-electron chi connectivity index (χ2n) is 6.20. The monoisotopic (exact) mass is 338 g/mol. The second-order valence-corrected chi connectivity index (χ2v) is 6.20. The van der Waals surface area contributed by atoms with Crippen molar-refractivity contribution < 1.29 is 4.79 Å². The predicted octanol–water partition coefficient (Wildman–Crippen LogP) is 1.75. The third-order valence-electron chi connectivity index (χ3n) is 4.51. The number of anilines is 1. The third-order valence-corrected chi connectivity index (χ3v) is 4.51. The van der Waals surface area contributed by atoms with E-state index < -0.39 is 0 Å². The van der Waals surface area contributed by atoms with Gasteiger partial charge in [-0.3, -0.25) is 14.8 Å². The third kappa shape index (κ3) is 4.37. The summed E-state index contributed by atoms with van der Waals surface area (Å²) in [4.78, 5) is 14.8. The topological polar surface area (TPSA) is 38.8 Å². The van der Waals surface area contributed by atoms with Crippen molar-refractivity contribution >= 4 is 24.0 Å². The molecule has 2 heterocycles. The highest BCUT2D eigenvalue weighted by Crippen LogP contribution is 2.27. The molecule has 23 heavy (non-hydrogen) atoms. The van der Waals surface area contributed by atoms with E-state index in [1.165, 1.54) is 0 Å². The van der Waals surface area contributed by atoms with Crippen molar-refractivity contribution in [2.75, 3.05) is 44.3 Å². The number of carbonyl (C=O) groups is 1. The molecule has 5 nitrogen and oxygen atoms in total. The van der Waals surface area contributed by atoms with E-state index in [0.717, 1.165) is 51.4 Å². The highest BCUT2D eigenvalue weighted by atomic mass is 35.5. The van der Waals surface area contributed by atoms with Gasteiger partial charge in [-0.15, -0.1) is 12.4 Å². The van der Waals surface area contributed by atoms with Gasteiger partial charge < -0.3 is 10.2 Å². The van der Waals surface area contributed by atoms with Crippen molar-refractivity contribution in [2.24, 2.45) is 0 Å². The summed E-state index contributed by atoms with van der Waals surface area (Å²) in [5, 5.41) is 7.49. The summed E-state index contributed by atoms with van der Waals surface area (Å²) in [7, 11) is 0. The minimum atomic E-state index is 0. The number of piperazine rings is 1. The van der Waals surface area contributed by atoms with Gasteiger partial charge in [0.1, 0.15) is 0 Å². The minimum Gasteiger partial charge on any atom is -0.314 e. The normalized spacial score (nSPS) is 22.3. The van der Waals surface area contributed by atoms with E-state index in [0.29, 0.717) is 6.42 Å². The van der Waals surface area contributed by atoms with Gasteiger partial charge >= 0.3 is 0 Å². The number of hydrogen-bond acceptors (Lipinski definition) is 4. The first-order valence-corrected chi connectivity index (χ1v) is 8.33. The van der Waals surface area contributed by atoms with Crippen LogP contribution < -0.4 is 10.3 Å². The first kappa shape index (κ1) is 18.0. The van der Waals surface area contributed by atoms with E-state index in [-0.39, 0.29) is 24.4 Å². The van der Waals surface area contributed by atoms with Gasteiger partial charge in [0.05, 0.1) is 18.2 Å². The van der Waals surface area contributed by atoms with Crippen LogP contribution in [-0.2, 0) is 4.79 Å². The number of rotatable bonds is 5. The molecule has 1 unspecified atom stereocenters. The van der Waals surface area contributed by atoms with Crippen LogP contribution in [0.25, 0.3) is 0 Å². The Balaban J connectivity index is 0.00000192. The quantitative estimate of drug-likeness (QED) is 0.887. The molecule has 128 valence electrons. The Hall–Kier alpha value is -1.30. The largest absolute Gasteiger partial charge is 0.314 e. The fourth-order valence-corrected chi connectivity index (χ4v) is 3.39. The molecule has 3 rings (SSSR count). The number of amides is 1. The van der Waals surface area contributed by atoms with Crippen LogP contribution in [-0.4, -0.2) is 61.1 Å². The van der Waals surface area contributed by atoms with Crippen LogP contribution in [0.5, 0.6) is 0 Å². The van der Waals surface area contributed by atoms with E-state index in [1.807, 2.05) is 23.2 Å². The van der Waals surface area contributed by atoms with Crippen molar-refractivity contribution in [1.29, 1.82) is 0 Å². The standard InChI is InChI=1S/C17H26N4O.ClH/c1-15-14-17(22)20(21(15)16-6-3-2-4-7-16)11-5-10-19-12-8-18-9-13-19;/h2-4,6-7,15,18H,5,8-14H2,1H3;1H. The molecule has 2 aliphatic heterocycles. The van der Waals surface area contributed by atoms with Crippen molar-refractivity contribution in [3.8, 4) is 0 Å². The van der Waals surface area contributed by atoms with Gasteiger partial charge in [0.2, 0.25) is 5.91 Å².